The van der Waals surface area contributed by atoms with Crippen LogP contribution in [-0.4, -0.2) is 23.3 Å². The Bertz CT molecular complexity index is 368. The van der Waals surface area contributed by atoms with Crippen LogP contribution >= 0.6 is 0 Å². The zero-order chi connectivity index (χ0) is 13.2. The summed E-state index contributed by atoms with van der Waals surface area (Å²) >= 11 is 0. The molecule has 1 saturated carbocycles. The molecule has 0 bridgehead atoms. The van der Waals surface area contributed by atoms with Crippen LogP contribution < -0.4 is 5.32 Å². The molecule has 100 valence electrons. The second kappa shape index (κ2) is 5.41. The van der Waals surface area contributed by atoms with Crippen LogP contribution in [0.3, 0.4) is 0 Å². The van der Waals surface area contributed by atoms with E-state index in [0.717, 1.165) is 19.3 Å². The first-order valence-corrected chi connectivity index (χ1v) is 6.97. The molecular weight excluding hydrogens is 222 g/mol. The first-order chi connectivity index (χ1) is 8.47. The van der Waals surface area contributed by atoms with Crippen molar-refractivity contribution in [2.75, 3.05) is 0 Å². The van der Waals surface area contributed by atoms with Gasteiger partial charge in [0, 0.05) is 12.1 Å². The van der Waals surface area contributed by atoms with E-state index in [1.807, 2.05) is 0 Å². The molecule has 2 heteroatoms. The van der Waals surface area contributed by atoms with Gasteiger partial charge < -0.3 is 10.4 Å². The van der Waals surface area contributed by atoms with Gasteiger partial charge in [0.15, 0.2) is 0 Å². The molecule has 0 heterocycles. The van der Waals surface area contributed by atoms with Crippen LogP contribution in [0.2, 0.25) is 0 Å². The number of nitrogens with one attached hydrogen (secondary N) is 1. The molecule has 1 aliphatic rings. The Labute approximate surface area is 110 Å². The summed E-state index contributed by atoms with van der Waals surface area (Å²) < 4.78 is 0. The maximum Gasteiger partial charge on any atom is 0.0570 e. The summed E-state index contributed by atoms with van der Waals surface area (Å²) in [7, 11) is 0. The molecular formula is C16H25NO. The lowest BCUT2D eigenvalue weighted by Crippen LogP contribution is -2.48. The fraction of sp³-hybridized carbons (Fsp3) is 0.625. The molecule has 1 fully saturated rings. The van der Waals surface area contributed by atoms with Crippen molar-refractivity contribution in [3.63, 3.8) is 0 Å². The van der Waals surface area contributed by atoms with Crippen molar-refractivity contribution in [2.45, 2.75) is 63.6 Å². The largest absolute Gasteiger partial charge is 0.393 e. The average Bonchev–Trinajstić information content (AvgIpc) is 2.27. The van der Waals surface area contributed by atoms with E-state index in [0.29, 0.717) is 12.1 Å². The molecule has 0 aromatic heterocycles. The SMILES string of the molecule is CC(CC(C)(C)c1ccccc1)NC1CC(O)C1. The molecule has 2 nitrogen and oxygen atoms in total. The predicted octanol–water partition coefficient (Wildman–Crippen LogP) is 2.86. The van der Waals surface area contributed by atoms with Crippen molar-refractivity contribution < 1.29 is 5.11 Å². The quantitative estimate of drug-likeness (QED) is 0.838. The first-order valence-electron chi connectivity index (χ1n) is 6.97. The Morgan fingerprint density at radius 1 is 1.28 bits per heavy atom. The molecule has 1 aromatic rings. The normalized spacial score (nSPS) is 25.6. The minimum absolute atomic E-state index is 0.0724. The van der Waals surface area contributed by atoms with Crippen molar-refractivity contribution in [2.24, 2.45) is 0 Å². The fourth-order valence-corrected chi connectivity index (χ4v) is 2.96. The second-order valence-electron chi connectivity index (χ2n) is 6.34. The molecule has 0 spiro atoms. The molecule has 0 aliphatic heterocycles. The van der Waals surface area contributed by atoms with E-state index in [9.17, 15) is 5.11 Å². The third-order valence-corrected chi connectivity index (χ3v) is 4.01. The van der Waals surface area contributed by atoms with E-state index in [-0.39, 0.29) is 11.5 Å². The van der Waals surface area contributed by atoms with Gasteiger partial charge in [0.05, 0.1) is 6.10 Å². The van der Waals surface area contributed by atoms with Crippen molar-refractivity contribution in [1.29, 1.82) is 0 Å². The summed E-state index contributed by atoms with van der Waals surface area (Å²) in [6.07, 6.45) is 2.87. The van der Waals surface area contributed by atoms with Crippen LogP contribution in [0.1, 0.15) is 45.6 Å². The zero-order valence-corrected chi connectivity index (χ0v) is 11.7. The molecule has 18 heavy (non-hydrogen) atoms. The van der Waals surface area contributed by atoms with Gasteiger partial charge in [-0.05, 0) is 37.2 Å². The highest BCUT2D eigenvalue weighted by atomic mass is 16.3. The zero-order valence-electron chi connectivity index (χ0n) is 11.7. The van der Waals surface area contributed by atoms with E-state index in [1.165, 1.54) is 5.56 Å². The van der Waals surface area contributed by atoms with Gasteiger partial charge in [-0.25, -0.2) is 0 Å². The number of benzene rings is 1. The van der Waals surface area contributed by atoms with Crippen LogP contribution in [0.15, 0.2) is 30.3 Å². The summed E-state index contributed by atoms with van der Waals surface area (Å²) in [6.45, 7) is 6.85. The third kappa shape index (κ3) is 3.33. The van der Waals surface area contributed by atoms with Crippen LogP contribution in [-0.2, 0) is 5.41 Å². The maximum atomic E-state index is 9.30. The Morgan fingerprint density at radius 2 is 1.89 bits per heavy atom. The van der Waals surface area contributed by atoms with Crippen molar-refractivity contribution in [3.8, 4) is 0 Å². The van der Waals surface area contributed by atoms with E-state index in [4.69, 9.17) is 0 Å². The minimum atomic E-state index is -0.0724. The summed E-state index contributed by atoms with van der Waals surface area (Å²) in [4.78, 5) is 0. The van der Waals surface area contributed by atoms with Gasteiger partial charge in [-0.2, -0.15) is 0 Å². The molecule has 1 atom stereocenters. The maximum absolute atomic E-state index is 9.30. The van der Waals surface area contributed by atoms with Gasteiger partial charge in [0.25, 0.3) is 0 Å². The number of hydrogen-bond donors (Lipinski definition) is 2. The van der Waals surface area contributed by atoms with Crippen LogP contribution in [0, 0.1) is 0 Å². The average molecular weight is 247 g/mol. The Hall–Kier alpha value is -0.860. The van der Waals surface area contributed by atoms with E-state index >= 15 is 0 Å². The Balaban J connectivity index is 1.87. The second-order valence-corrected chi connectivity index (χ2v) is 6.34. The summed E-state index contributed by atoms with van der Waals surface area (Å²) in [5.41, 5.74) is 1.59. The summed E-state index contributed by atoms with van der Waals surface area (Å²) in [5.74, 6) is 0. The monoisotopic (exact) mass is 247 g/mol. The number of hydrogen-bond acceptors (Lipinski definition) is 2. The van der Waals surface area contributed by atoms with Gasteiger partial charge in [-0.15, -0.1) is 0 Å². The van der Waals surface area contributed by atoms with Crippen LogP contribution in [0.4, 0.5) is 0 Å². The molecule has 0 saturated heterocycles. The lowest BCUT2D eigenvalue weighted by molar-refractivity contribution is 0.0571. The number of aliphatic hydroxyl groups excluding tert-OH is 1. The topological polar surface area (TPSA) is 32.3 Å². The lowest BCUT2D eigenvalue weighted by Gasteiger charge is -2.37. The van der Waals surface area contributed by atoms with Gasteiger partial charge in [0.1, 0.15) is 0 Å². The highest BCUT2D eigenvalue weighted by Gasteiger charge is 2.30. The van der Waals surface area contributed by atoms with Gasteiger partial charge >= 0.3 is 0 Å². The Kier molecular flexibility index (Phi) is 4.08. The van der Waals surface area contributed by atoms with E-state index in [1.54, 1.807) is 0 Å². The molecule has 0 radical (unpaired) electrons. The van der Waals surface area contributed by atoms with E-state index in [2.05, 4.69) is 56.4 Å². The highest BCUT2D eigenvalue weighted by molar-refractivity contribution is 5.23. The predicted molar refractivity (Wildman–Crippen MR) is 75.7 cm³/mol. The molecule has 1 aliphatic carbocycles. The highest BCUT2D eigenvalue weighted by Crippen LogP contribution is 2.29. The standard InChI is InChI=1S/C16H25NO/c1-12(17-14-9-15(18)10-14)11-16(2,3)13-7-5-4-6-8-13/h4-8,12,14-15,17-18H,9-11H2,1-3H3. The third-order valence-electron chi connectivity index (χ3n) is 4.01. The molecule has 2 N–H and O–H groups in total. The summed E-state index contributed by atoms with van der Waals surface area (Å²) in [5, 5.41) is 12.9. The van der Waals surface area contributed by atoms with Gasteiger partial charge in [0.2, 0.25) is 0 Å². The Morgan fingerprint density at radius 3 is 2.44 bits per heavy atom. The molecule has 1 unspecified atom stereocenters. The number of rotatable bonds is 5. The first kappa shape index (κ1) is 13.6. The fourth-order valence-electron chi connectivity index (χ4n) is 2.96. The van der Waals surface area contributed by atoms with E-state index < -0.39 is 0 Å². The minimum Gasteiger partial charge on any atom is -0.393 e. The smallest absolute Gasteiger partial charge is 0.0570 e. The van der Waals surface area contributed by atoms with Gasteiger partial charge in [-0.3, -0.25) is 0 Å². The molecule has 2 rings (SSSR count). The van der Waals surface area contributed by atoms with Crippen LogP contribution in [0.5, 0.6) is 0 Å². The lowest BCUT2D eigenvalue weighted by atomic mass is 9.79. The molecule has 1 aromatic carbocycles. The van der Waals surface area contributed by atoms with Crippen molar-refractivity contribution >= 4 is 0 Å². The van der Waals surface area contributed by atoms with Crippen LogP contribution in [0.25, 0.3) is 0 Å². The van der Waals surface area contributed by atoms with Gasteiger partial charge in [-0.1, -0.05) is 44.2 Å². The number of aliphatic hydroxyl groups is 1. The molecule has 0 amide bonds. The summed E-state index contributed by atoms with van der Waals surface area (Å²) in [6, 6.07) is 11.7. The van der Waals surface area contributed by atoms with Crippen molar-refractivity contribution in [1.82, 2.24) is 5.32 Å². The van der Waals surface area contributed by atoms with Crippen molar-refractivity contribution in [3.05, 3.63) is 35.9 Å².